The van der Waals surface area contributed by atoms with E-state index in [-0.39, 0.29) is 17.9 Å². The second kappa shape index (κ2) is 5.13. The van der Waals surface area contributed by atoms with Gasteiger partial charge in [-0.05, 0) is 25.9 Å². The lowest BCUT2D eigenvalue weighted by Crippen LogP contribution is -2.41. The summed E-state index contributed by atoms with van der Waals surface area (Å²) in [5.41, 5.74) is 0. The van der Waals surface area contributed by atoms with Crippen molar-refractivity contribution >= 4 is 5.91 Å². The van der Waals surface area contributed by atoms with Crippen LogP contribution in [0.1, 0.15) is 20.3 Å². The summed E-state index contributed by atoms with van der Waals surface area (Å²) in [4.78, 5) is 13.9. The Morgan fingerprint density at radius 1 is 1.60 bits per heavy atom. The third kappa shape index (κ3) is 3.21. The number of hydrogen-bond acceptors (Lipinski definition) is 3. The molecule has 1 amide bonds. The van der Waals surface area contributed by atoms with Crippen LogP contribution < -0.4 is 5.32 Å². The van der Waals surface area contributed by atoms with Crippen molar-refractivity contribution in [2.45, 2.75) is 26.3 Å². The molecular weight excluding hydrogens is 190 g/mol. The molecule has 4 nitrogen and oxygen atoms in total. The molecule has 4 heteroatoms. The fourth-order valence-electron chi connectivity index (χ4n) is 1.85. The van der Waals surface area contributed by atoms with Gasteiger partial charge in [-0.3, -0.25) is 4.79 Å². The molecule has 0 aromatic carbocycles. The molecule has 0 radical (unpaired) electrons. The van der Waals surface area contributed by atoms with Gasteiger partial charge in [0.15, 0.2) is 0 Å². The number of nitrogens with one attached hydrogen (secondary N) is 1. The third-order valence-corrected chi connectivity index (χ3v) is 2.83. The SMILES string of the molecule is CC(C)C(C#N)C(=O)NC1CCN(C)C1. The van der Waals surface area contributed by atoms with Gasteiger partial charge in [0.05, 0.1) is 6.07 Å². The Bertz CT molecular complexity index is 269. The highest BCUT2D eigenvalue weighted by molar-refractivity contribution is 5.81. The molecule has 1 aliphatic rings. The van der Waals surface area contributed by atoms with Crippen LogP contribution in [0.3, 0.4) is 0 Å². The number of nitrogens with zero attached hydrogens (tertiary/aromatic N) is 2. The van der Waals surface area contributed by atoms with Crippen LogP contribution >= 0.6 is 0 Å². The number of likely N-dealkylation sites (N-methyl/N-ethyl adjacent to an activating group) is 1. The van der Waals surface area contributed by atoms with Crippen molar-refractivity contribution in [3.63, 3.8) is 0 Å². The number of amides is 1. The number of likely N-dealkylation sites (tertiary alicyclic amines) is 1. The topological polar surface area (TPSA) is 56.1 Å². The Hall–Kier alpha value is -1.08. The lowest BCUT2D eigenvalue weighted by Gasteiger charge is -2.17. The van der Waals surface area contributed by atoms with Gasteiger partial charge in [0, 0.05) is 12.6 Å². The zero-order valence-corrected chi connectivity index (χ0v) is 9.66. The second-order valence-electron chi connectivity index (χ2n) is 4.61. The molecule has 84 valence electrons. The largest absolute Gasteiger partial charge is 0.351 e. The molecule has 2 atom stereocenters. The van der Waals surface area contributed by atoms with E-state index < -0.39 is 5.92 Å². The Kier molecular flexibility index (Phi) is 4.10. The summed E-state index contributed by atoms with van der Waals surface area (Å²) < 4.78 is 0. The molecule has 0 aromatic rings. The van der Waals surface area contributed by atoms with Crippen molar-refractivity contribution in [1.29, 1.82) is 5.26 Å². The maximum absolute atomic E-state index is 11.7. The maximum Gasteiger partial charge on any atom is 0.237 e. The van der Waals surface area contributed by atoms with Crippen molar-refractivity contribution < 1.29 is 4.79 Å². The van der Waals surface area contributed by atoms with Gasteiger partial charge in [-0.25, -0.2) is 0 Å². The highest BCUT2D eigenvalue weighted by Gasteiger charge is 2.26. The highest BCUT2D eigenvalue weighted by Crippen LogP contribution is 2.12. The Labute approximate surface area is 91.2 Å². The zero-order chi connectivity index (χ0) is 11.4. The van der Waals surface area contributed by atoms with Gasteiger partial charge in [0.1, 0.15) is 5.92 Å². The van der Waals surface area contributed by atoms with Crippen LogP contribution in [0, 0.1) is 23.2 Å². The minimum absolute atomic E-state index is 0.0779. The number of carbonyl (C=O) groups is 1. The van der Waals surface area contributed by atoms with Gasteiger partial charge in [-0.1, -0.05) is 13.8 Å². The minimum Gasteiger partial charge on any atom is -0.351 e. The maximum atomic E-state index is 11.7. The first-order chi connectivity index (χ1) is 7.04. The lowest BCUT2D eigenvalue weighted by molar-refractivity contribution is -0.125. The number of nitriles is 1. The van der Waals surface area contributed by atoms with E-state index in [9.17, 15) is 4.79 Å². The molecule has 0 aromatic heterocycles. The first-order valence-corrected chi connectivity index (χ1v) is 5.43. The van der Waals surface area contributed by atoms with Crippen LogP contribution in [-0.2, 0) is 4.79 Å². The Morgan fingerprint density at radius 2 is 2.27 bits per heavy atom. The summed E-state index contributed by atoms with van der Waals surface area (Å²) in [7, 11) is 2.04. The minimum atomic E-state index is -0.518. The van der Waals surface area contributed by atoms with E-state index in [4.69, 9.17) is 5.26 Å². The molecule has 0 bridgehead atoms. The average Bonchev–Trinajstić information content (AvgIpc) is 2.51. The lowest BCUT2D eigenvalue weighted by atomic mass is 9.96. The molecule has 1 N–H and O–H groups in total. The molecular formula is C11H19N3O. The fraction of sp³-hybridized carbons (Fsp3) is 0.818. The van der Waals surface area contributed by atoms with Gasteiger partial charge >= 0.3 is 0 Å². The molecule has 1 rings (SSSR count). The summed E-state index contributed by atoms with van der Waals surface area (Å²) in [5.74, 6) is -0.558. The van der Waals surface area contributed by atoms with Crippen LogP contribution in [-0.4, -0.2) is 37.0 Å². The summed E-state index contributed by atoms with van der Waals surface area (Å²) >= 11 is 0. The van der Waals surface area contributed by atoms with E-state index in [0.717, 1.165) is 19.5 Å². The summed E-state index contributed by atoms with van der Waals surface area (Å²) in [6.45, 7) is 5.70. The predicted octanol–water partition coefficient (Wildman–Crippen LogP) is 0.602. The van der Waals surface area contributed by atoms with Gasteiger partial charge in [-0.2, -0.15) is 5.26 Å². The van der Waals surface area contributed by atoms with Crippen LogP contribution in [0.15, 0.2) is 0 Å². The van der Waals surface area contributed by atoms with E-state index in [0.29, 0.717) is 0 Å². The van der Waals surface area contributed by atoms with Crippen molar-refractivity contribution in [2.24, 2.45) is 11.8 Å². The van der Waals surface area contributed by atoms with E-state index in [2.05, 4.69) is 16.3 Å². The van der Waals surface area contributed by atoms with Crippen molar-refractivity contribution in [2.75, 3.05) is 20.1 Å². The van der Waals surface area contributed by atoms with Gasteiger partial charge in [0.25, 0.3) is 0 Å². The van der Waals surface area contributed by atoms with Crippen molar-refractivity contribution in [3.05, 3.63) is 0 Å². The van der Waals surface area contributed by atoms with Crippen molar-refractivity contribution in [3.8, 4) is 6.07 Å². The van der Waals surface area contributed by atoms with Crippen molar-refractivity contribution in [1.82, 2.24) is 10.2 Å². The van der Waals surface area contributed by atoms with E-state index in [1.54, 1.807) is 0 Å². The second-order valence-corrected chi connectivity index (χ2v) is 4.61. The zero-order valence-electron chi connectivity index (χ0n) is 9.66. The Morgan fingerprint density at radius 3 is 2.67 bits per heavy atom. The summed E-state index contributed by atoms with van der Waals surface area (Å²) in [5, 5.41) is 11.8. The molecule has 2 unspecified atom stereocenters. The van der Waals surface area contributed by atoms with E-state index >= 15 is 0 Å². The smallest absolute Gasteiger partial charge is 0.237 e. The standard InChI is InChI=1S/C11H19N3O/c1-8(2)10(6-12)11(15)13-9-4-5-14(3)7-9/h8-10H,4-5,7H2,1-3H3,(H,13,15). The summed E-state index contributed by atoms with van der Waals surface area (Å²) in [6, 6.07) is 2.28. The normalized spacial score (nSPS) is 23.8. The first kappa shape index (κ1) is 12.0. The molecule has 0 saturated carbocycles. The molecule has 1 fully saturated rings. The molecule has 0 aliphatic carbocycles. The highest BCUT2D eigenvalue weighted by atomic mass is 16.2. The molecule has 1 saturated heterocycles. The quantitative estimate of drug-likeness (QED) is 0.740. The van der Waals surface area contributed by atoms with Gasteiger partial charge in [0.2, 0.25) is 5.91 Å². The number of hydrogen-bond donors (Lipinski definition) is 1. The molecule has 0 spiro atoms. The molecule has 15 heavy (non-hydrogen) atoms. The third-order valence-electron chi connectivity index (χ3n) is 2.83. The average molecular weight is 209 g/mol. The van der Waals surface area contributed by atoms with Crippen LogP contribution in [0.4, 0.5) is 0 Å². The van der Waals surface area contributed by atoms with Gasteiger partial charge < -0.3 is 10.2 Å². The van der Waals surface area contributed by atoms with Crippen LogP contribution in [0.5, 0.6) is 0 Å². The number of carbonyl (C=O) groups excluding carboxylic acids is 1. The van der Waals surface area contributed by atoms with E-state index in [1.807, 2.05) is 20.9 Å². The van der Waals surface area contributed by atoms with Gasteiger partial charge in [-0.15, -0.1) is 0 Å². The number of rotatable bonds is 3. The van der Waals surface area contributed by atoms with Crippen LogP contribution in [0.2, 0.25) is 0 Å². The molecule has 1 aliphatic heterocycles. The summed E-state index contributed by atoms with van der Waals surface area (Å²) in [6.07, 6.45) is 0.985. The molecule has 1 heterocycles. The van der Waals surface area contributed by atoms with Crippen LogP contribution in [0.25, 0.3) is 0 Å². The monoisotopic (exact) mass is 209 g/mol. The predicted molar refractivity (Wildman–Crippen MR) is 58.0 cm³/mol. The fourth-order valence-corrected chi connectivity index (χ4v) is 1.85. The Balaban J connectivity index is 2.45. The van der Waals surface area contributed by atoms with E-state index in [1.165, 1.54) is 0 Å². The first-order valence-electron chi connectivity index (χ1n) is 5.43.